The second-order valence-corrected chi connectivity index (χ2v) is 5.76. The van der Waals surface area contributed by atoms with Crippen LogP contribution in [0, 0.1) is 17.3 Å². The third-order valence-electron chi connectivity index (χ3n) is 5.32. The average Bonchev–Trinajstić information content (AvgIpc) is 2.39. The molecule has 0 aromatic heterocycles. The molecule has 0 heterocycles. The van der Waals surface area contributed by atoms with Gasteiger partial charge >= 0.3 is 0 Å². The number of hydrogen-bond acceptors (Lipinski definition) is 3. The molecule has 3 atom stereocenters. The lowest BCUT2D eigenvalue weighted by Crippen LogP contribution is -2.64. The lowest BCUT2D eigenvalue weighted by Gasteiger charge is -2.62. The van der Waals surface area contributed by atoms with Crippen LogP contribution in [0.3, 0.4) is 0 Å². The highest BCUT2D eigenvalue weighted by atomic mass is 16.7. The number of fused-ring (bicyclic) bond motifs is 2. The Morgan fingerprint density at radius 3 is 2.78 bits per heavy atom. The molecule has 4 aliphatic rings. The van der Waals surface area contributed by atoms with E-state index in [1.165, 1.54) is 0 Å². The van der Waals surface area contributed by atoms with Crippen molar-refractivity contribution in [2.24, 2.45) is 17.3 Å². The zero-order valence-corrected chi connectivity index (χ0v) is 11.1. The molecule has 3 nitrogen and oxygen atoms in total. The minimum absolute atomic E-state index is 0.198. The molecule has 18 heavy (non-hydrogen) atoms. The van der Waals surface area contributed by atoms with Crippen LogP contribution in [-0.4, -0.2) is 25.8 Å². The highest BCUT2D eigenvalue weighted by Gasteiger charge is 2.65. The van der Waals surface area contributed by atoms with Crippen molar-refractivity contribution in [3.05, 3.63) is 24.3 Å². The maximum atomic E-state index is 11.7. The van der Waals surface area contributed by atoms with E-state index in [4.69, 9.17) is 9.47 Å². The number of carbonyl (C=O) groups is 1. The maximum absolute atomic E-state index is 11.7. The Kier molecular flexibility index (Phi) is 2.55. The predicted molar refractivity (Wildman–Crippen MR) is 67.9 cm³/mol. The summed E-state index contributed by atoms with van der Waals surface area (Å²) in [6.07, 6.45) is 7.56. The first kappa shape index (κ1) is 12.1. The van der Waals surface area contributed by atoms with E-state index in [-0.39, 0.29) is 11.2 Å². The molecular formula is C15H20O3. The van der Waals surface area contributed by atoms with Crippen LogP contribution in [0.2, 0.25) is 0 Å². The summed E-state index contributed by atoms with van der Waals surface area (Å²) < 4.78 is 11.6. The van der Waals surface area contributed by atoms with Crippen molar-refractivity contribution in [2.75, 3.05) is 14.2 Å². The van der Waals surface area contributed by atoms with Crippen LogP contribution in [0.1, 0.15) is 25.7 Å². The van der Waals surface area contributed by atoms with Crippen molar-refractivity contribution < 1.29 is 14.3 Å². The zero-order valence-electron chi connectivity index (χ0n) is 11.1. The van der Waals surface area contributed by atoms with Gasteiger partial charge in [-0.2, -0.15) is 0 Å². The molecule has 0 aliphatic heterocycles. The SMILES string of the molecule is C=C1[C@H]2CC[C@@]3(C=CC(=O)CC3C2)C1(OC)OC. The van der Waals surface area contributed by atoms with Gasteiger partial charge < -0.3 is 9.47 Å². The van der Waals surface area contributed by atoms with Crippen molar-refractivity contribution in [2.45, 2.75) is 31.5 Å². The van der Waals surface area contributed by atoms with E-state index < -0.39 is 5.79 Å². The number of carbonyl (C=O) groups excluding carboxylic acids is 1. The minimum atomic E-state index is -0.740. The highest BCUT2D eigenvalue weighted by Crippen LogP contribution is 2.64. The van der Waals surface area contributed by atoms with Gasteiger partial charge in [-0.15, -0.1) is 0 Å². The molecule has 3 saturated carbocycles. The average molecular weight is 248 g/mol. The summed E-state index contributed by atoms with van der Waals surface area (Å²) in [5, 5.41) is 0. The molecule has 0 aromatic rings. The number of allylic oxidation sites excluding steroid dienone is 1. The number of ether oxygens (including phenoxy) is 2. The Morgan fingerprint density at radius 2 is 2.11 bits per heavy atom. The Labute approximate surface area is 108 Å². The third-order valence-corrected chi connectivity index (χ3v) is 5.32. The van der Waals surface area contributed by atoms with Crippen molar-refractivity contribution in [1.29, 1.82) is 0 Å². The lowest BCUT2D eigenvalue weighted by molar-refractivity contribution is -0.283. The van der Waals surface area contributed by atoms with Crippen LogP contribution in [0.4, 0.5) is 0 Å². The zero-order chi connectivity index (χ0) is 13.0. The van der Waals surface area contributed by atoms with Gasteiger partial charge in [0.15, 0.2) is 11.6 Å². The van der Waals surface area contributed by atoms with Gasteiger partial charge in [0.05, 0.1) is 5.41 Å². The van der Waals surface area contributed by atoms with E-state index in [0.717, 1.165) is 24.8 Å². The van der Waals surface area contributed by atoms with Crippen molar-refractivity contribution >= 4 is 5.78 Å². The molecule has 3 heteroatoms. The Bertz CT molecular complexity index is 433. The largest absolute Gasteiger partial charge is 0.349 e. The summed E-state index contributed by atoms with van der Waals surface area (Å²) in [7, 11) is 3.37. The molecule has 0 amide bonds. The Balaban J connectivity index is 2.17. The first-order valence-corrected chi connectivity index (χ1v) is 6.61. The van der Waals surface area contributed by atoms with Crippen molar-refractivity contribution in [3.8, 4) is 0 Å². The molecule has 98 valence electrons. The van der Waals surface area contributed by atoms with Gasteiger partial charge in [-0.1, -0.05) is 12.7 Å². The topological polar surface area (TPSA) is 35.5 Å². The lowest BCUT2D eigenvalue weighted by atomic mass is 9.48. The Hall–Kier alpha value is -0.930. The van der Waals surface area contributed by atoms with Gasteiger partial charge in [0.25, 0.3) is 0 Å². The van der Waals surface area contributed by atoms with Crippen LogP contribution in [0.5, 0.6) is 0 Å². The molecule has 4 rings (SSSR count). The summed E-state index contributed by atoms with van der Waals surface area (Å²) in [6.45, 7) is 4.23. The van der Waals surface area contributed by atoms with E-state index in [1.807, 2.05) is 6.08 Å². The fourth-order valence-corrected chi connectivity index (χ4v) is 4.48. The van der Waals surface area contributed by atoms with E-state index in [0.29, 0.717) is 18.3 Å². The summed E-state index contributed by atoms with van der Waals surface area (Å²) in [4.78, 5) is 11.7. The molecule has 4 aliphatic carbocycles. The van der Waals surface area contributed by atoms with Crippen LogP contribution >= 0.6 is 0 Å². The molecule has 0 radical (unpaired) electrons. The van der Waals surface area contributed by atoms with Gasteiger partial charge in [-0.05, 0) is 42.7 Å². The van der Waals surface area contributed by atoms with Gasteiger partial charge in [-0.25, -0.2) is 0 Å². The van der Waals surface area contributed by atoms with E-state index in [1.54, 1.807) is 20.3 Å². The minimum Gasteiger partial charge on any atom is -0.349 e. The fraction of sp³-hybridized carbons (Fsp3) is 0.667. The van der Waals surface area contributed by atoms with Gasteiger partial charge in [-0.3, -0.25) is 4.79 Å². The molecule has 1 unspecified atom stereocenters. The molecule has 0 aromatic carbocycles. The first-order chi connectivity index (χ1) is 8.59. The van der Waals surface area contributed by atoms with Crippen LogP contribution < -0.4 is 0 Å². The predicted octanol–water partition coefficient (Wildman–Crippen LogP) is 2.48. The molecule has 0 N–H and O–H groups in total. The smallest absolute Gasteiger partial charge is 0.199 e. The normalized spacial score (nSPS) is 41.0. The Morgan fingerprint density at radius 1 is 1.39 bits per heavy atom. The second-order valence-electron chi connectivity index (χ2n) is 5.76. The van der Waals surface area contributed by atoms with Crippen molar-refractivity contribution in [1.82, 2.24) is 0 Å². The summed E-state index contributed by atoms with van der Waals surface area (Å²) in [5.41, 5.74) is 0.852. The monoisotopic (exact) mass is 248 g/mol. The van der Waals surface area contributed by atoms with Gasteiger partial charge in [0.1, 0.15) is 0 Å². The summed E-state index contributed by atoms with van der Waals surface area (Å²) in [5.74, 6) is 0.246. The number of hydrogen-bond donors (Lipinski definition) is 0. The molecule has 1 spiro atoms. The number of ketones is 1. The molecule has 3 fully saturated rings. The van der Waals surface area contributed by atoms with Gasteiger partial charge in [0, 0.05) is 20.6 Å². The molecular weight excluding hydrogens is 228 g/mol. The van der Waals surface area contributed by atoms with Crippen LogP contribution in [0.25, 0.3) is 0 Å². The van der Waals surface area contributed by atoms with Gasteiger partial charge in [0.2, 0.25) is 0 Å². The van der Waals surface area contributed by atoms with Crippen LogP contribution in [0.15, 0.2) is 24.3 Å². The molecule has 0 saturated heterocycles. The number of rotatable bonds is 2. The highest BCUT2D eigenvalue weighted by molar-refractivity contribution is 5.91. The van der Waals surface area contributed by atoms with Crippen LogP contribution in [-0.2, 0) is 14.3 Å². The summed E-state index contributed by atoms with van der Waals surface area (Å²) in [6, 6.07) is 0. The third kappa shape index (κ3) is 1.19. The van der Waals surface area contributed by atoms with E-state index in [2.05, 4.69) is 6.58 Å². The number of methoxy groups -OCH3 is 2. The van der Waals surface area contributed by atoms with E-state index >= 15 is 0 Å². The quantitative estimate of drug-likeness (QED) is 0.556. The maximum Gasteiger partial charge on any atom is 0.199 e. The second kappa shape index (κ2) is 3.78. The molecule has 2 bridgehead atoms. The first-order valence-electron chi connectivity index (χ1n) is 6.61. The standard InChI is InChI=1S/C15H20O3/c1-10-11-4-6-14(15(10,17-2)18-3)7-5-13(16)9-12(14)8-11/h5,7,11-12H,1,4,6,8-9H2,2-3H3/t11-,12?,14-/m0/s1. The summed E-state index contributed by atoms with van der Waals surface area (Å²) >= 11 is 0. The van der Waals surface area contributed by atoms with E-state index in [9.17, 15) is 4.79 Å². The fourth-order valence-electron chi connectivity index (χ4n) is 4.48. The van der Waals surface area contributed by atoms with Crippen molar-refractivity contribution in [3.63, 3.8) is 0 Å².